The smallest absolute Gasteiger partial charge is 0.260 e. The van der Waals surface area contributed by atoms with Crippen LogP contribution in [0.4, 0.5) is 0 Å². The average molecular weight is 375 g/mol. The number of nitrogens with zero attached hydrogens (tertiary/aromatic N) is 1. The topological polar surface area (TPSA) is 41.6 Å². The molecule has 0 aliphatic carbocycles. The molecule has 0 radical (unpaired) electrons. The molecule has 1 aromatic rings. The second-order valence-electron chi connectivity index (χ2n) is 5.42. The Balaban J connectivity index is 0.00000192. The fraction of sp³-hybridized carbons (Fsp3) is 0.562. The normalized spacial score (nSPS) is 19.0. The predicted octanol–water partition coefficient (Wildman–Crippen LogP) is 2.79. The van der Waals surface area contributed by atoms with Crippen molar-refractivity contribution in [1.29, 1.82) is 0 Å². The largest absolute Gasteiger partial charge is 0.484 e. The lowest BCUT2D eigenvalue weighted by Crippen LogP contribution is -2.47. The first-order valence-corrected chi connectivity index (χ1v) is 9.87. The van der Waals surface area contributed by atoms with E-state index in [9.17, 15) is 4.79 Å². The fourth-order valence-corrected chi connectivity index (χ4v) is 5.45. The first kappa shape index (κ1) is 18.8. The lowest BCUT2D eigenvalue weighted by molar-refractivity contribution is -0.133. The third-order valence-corrected chi connectivity index (χ3v) is 6.83. The fourth-order valence-electron chi connectivity index (χ4n) is 2.55. The standard InChI is InChI=1S/C16H22N2O2S2.ClH/c19-15(18-8-6-17-7-9-18)12-20-14-4-2-13(3-5-14)16-21-10-1-11-22-16;/h2-5,16-17H,1,6-12H2;1H. The van der Waals surface area contributed by atoms with E-state index in [1.807, 2.05) is 40.6 Å². The third-order valence-electron chi connectivity index (χ3n) is 3.81. The second kappa shape index (κ2) is 9.67. The number of carbonyl (C=O) groups is 1. The summed E-state index contributed by atoms with van der Waals surface area (Å²) in [7, 11) is 0. The van der Waals surface area contributed by atoms with Gasteiger partial charge < -0.3 is 15.0 Å². The summed E-state index contributed by atoms with van der Waals surface area (Å²) in [6, 6.07) is 8.22. The summed E-state index contributed by atoms with van der Waals surface area (Å²) >= 11 is 4.03. The summed E-state index contributed by atoms with van der Waals surface area (Å²) in [6.07, 6.45) is 1.31. The van der Waals surface area contributed by atoms with E-state index in [2.05, 4.69) is 17.4 Å². The van der Waals surface area contributed by atoms with Gasteiger partial charge in [0.05, 0.1) is 4.58 Å². The summed E-state index contributed by atoms with van der Waals surface area (Å²) in [4.78, 5) is 13.9. The minimum absolute atomic E-state index is 0. The van der Waals surface area contributed by atoms with Gasteiger partial charge in [0.15, 0.2) is 6.61 Å². The molecule has 0 saturated carbocycles. The van der Waals surface area contributed by atoms with E-state index in [1.54, 1.807) is 0 Å². The van der Waals surface area contributed by atoms with Crippen LogP contribution in [0.3, 0.4) is 0 Å². The summed E-state index contributed by atoms with van der Waals surface area (Å²) in [5.74, 6) is 3.34. The van der Waals surface area contributed by atoms with Crippen molar-refractivity contribution >= 4 is 41.8 Å². The van der Waals surface area contributed by atoms with Crippen molar-refractivity contribution in [3.05, 3.63) is 29.8 Å². The second-order valence-corrected chi connectivity index (χ2v) is 8.14. The number of hydrogen-bond donors (Lipinski definition) is 1. The van der Waals surface area contributed by atoms with Crippen molar-refractivity contribution in [2.24, 2.45) is 0 Å². The molecule has 0 bridgehead atoms. The Morgan fingerprint density at radius 3 is 2.48 bits per heavy atom. The van der Waals surface area contributed by atoms with Gasteiger partial charge in [0, 0.05) is 26.2 Å². The van der Waals surface area contributed by atoms with Gasteiger partial charge in [-0.15, -0.1) is 35.9 Å². The van der Waals surface area contributed by atoms with E-state index in [1.165, 1.54) is 23.5 Å². The van der Waals surface area contributed by atoms with Gasteiger partial charge in [-0.05, 0) is 35.6 Å². The number of hydrogen-bond acceptors (Lipinski definition) is 5. The van der Waals surface area contributed by atoms with E-state index < -0.39 is 0 Å². The van der Waals surface area contributed by atoms with Crippen LogP contribution in [0.1, 0.15) is 16.6 Å². The van der Waals surface area contributed by atoms with Crippen LogP contribution in [-0.2, 0) is 4.79 Å². The Morgan fingerprint density at radius 2 is 1.83 bits per heavy atom. The van der Waals surface area contributed by atoms with Crippen molar-refractivity contribution in [1.82, 2.24) is 10.2 Å². The van der Waals surface area contributed by atoms with E-state index in [0.717, 1.165) is 31.9 Å². The zero-order valence-corrected chi connectivity index (χ0v) is 15.5. The molecule has 0 aromatic heterocycles. The van der Waals surface area contributed by atoms with Crippen LogP contribution >= 0.6 is 35.9 Å². The van der Waals surface area contributed by atoms with Gasteiger partial charge in [-0.3, -0.25) is 4.79 Å². The summed E-state index contributed by atoms with van der Waals surface area (Å²) in [6.45, 7) is 3.43. The Bertz CT molecular complexity index is 489. The molecule has 2 heterocycles. The Kier molecular flexibility index (Phi) is 7.89. The minimum atomic E-state index is 0. The Morgan fingerprint density at radius 1 is 1.17 bits per heavy atom. The molecule has 2 saturated heterocycles. The van der Waals surface area contributed by atoms with Gasteiger partial charge in [0.1, 0.15) is 5.75 Å². The molecular formula is C16H23ClN2O2S2. The maximum absolute atomic E-state index is 12.1. The van der Waals surface area contributed by atoms with Crippen molar-refractivity contribution in [3.8, 4) is 5.75 Å². The van der Waals surface area contributed by atoms with Crippen LogP contribution in [0.25, 0.3) is 0 Å². The summed E-state index contributed by atoms with van der Waals surface area (Å²) < 4.78 is 6.18. The molecule has 2 fully saturated rings. The van der Waals surface area contributed by atoms with Gasteiger partial charge in [-0.1, -0.05) is 12.1 Å². The minimum Gasteiger partial charge on any atom is -0.484 e. The maximum Gasteiger partial charge on any atom is 0.260 e. The monoisotopic (exact) mass is 374 g/mol. The van der Waals surface area contributed by atoms with E-state index in [-0.39, 0.29) is 24.9 Å². The zero-order chi connectivity index (χ0) is 15.2. The zero-order valence-electron chi connectivity index (χ0n) is 13.0. The SMILES string of the molecule is Cl.O=C(COc1ccc(C2SCCCS2)cc1)N1CCNCC1. The van der Waals surface area contributed by atoms with Crippen LogP contribution in [0.5, 0.6) is 5.75 Å². The Hall–Kier alpha value is -0.560. The van der Waals surface area contributed by atoms with E-state index in [4.69, 9.17) is 4.74 Å². The lowest BCUT2D eigenvalue weighted by Gasteiger charge is -2.27. The molecule has 2 aliphatic heterocycles. The van der Waals surface area contributed by atoms with Crippen LogP contribution in [0, 0.1) is 0 Å². The number of amides is 1. The molecular weight excluding hydrogens is 352 g/mol. The van der Waals surface area contributed by atoms with Crippen molar-refractivity contribution in [2.75, 3.05) is 44.3 Å². The van der Waals surface area contributed by atoms with E-state index in [0.29, 0.717) is 4.58 Å². The molecule has 0 unspecified atom stereocenters. The van der Waals surface area contributed by atoms with Gasteiger partial charge in [0.25, 0.3) is 5.91 Å². The molecule has 4 nitrogen and oxygen atoms in total. The van der Waals surface area contributed by atoms with Gasteiger partial charge in [-0.2, -0.15) is 0 Å². The summed E-state index contributed by atoms with van der Waals surface area (Å²) in [5, 5.41) is 3.24. The number of piperazine rings is 1. The number of ether oxygens (including phenoxy) is 1. The molecule has 128 valence electrons. The van der Waals surface area contributed by atoms with Gasteiger partial charge >= 0.3 is 0 Å². The van der Waals surface area contributed by atoms with Crippen molar-refractivity contribution < 1.29 is 9.53 Å². The van der Waals surface area contributed by atoms with Crippen molar-refractivity contribution in [3.63, 3.8) is 0 Å². The molecule has 1 aromatic carbocycles. The molecule has 23 heavy (non-hydrogen) atoms. The molecule has 0 spiro atoms. The summed E-state index contributed by atoms with van der Waals surface area (Å²) in [5.41, 5.74) is 1.34. The molecule has 7 heteroatoms. The number of carbonyl (C=O) groups excluding carboxylic acids is 1. The highest BCUT2D eigenvalue weighted by Crippen LogP contribution is 2.43. The first-order chi connectivity index (χ1) is 10.8. The molecule has 0 atom stereocenters. The third kappa shape index (κ3) is 5.48. The number of rotatable bonds is 4. The predicted molar refractivity (Wildman–Crippen MR) is 101 cm³/mol. The van der Waals surface area contributed by atoms with Crippen LogP contribution < -0.4 is 10.1 Å². The molecule has 1 N–H and O–H groups in total. The molecule has 1 amide bonds. The number of thioether (sulfide) groups is 2. The highest BCUT2D eigenvalue weighted by atomic mass is 35.5. The Labute approximate surface area is 152 Å². The van der Waals surface area contributed by atoms with Gasteiger partial charge in [-0.25, -0.2) is 0 Å². The number of benzene rings is 1. The average Bonchev–Trinajstić information content (AvgIpc) is 2.61. The van der Waals surface area contributed by atoms with Gasteiger partial charge in [0.2, 0.25) is 0 Å². The lowest BCUT2D eigenvalue weighted by atomic mass is 10.2. The maximum atomic E-state index is 12.1. The highest BCUT2D eigenvalue weighted by Gasteiger charge is 2.18. The van der Waals surface area contributed by atoms with Crippen LogP contribution in [0.2, 0.25) is 0 Å². The highest BCUT2D eigenvalue weighted by molar-refractivity contribution is 8.16. The van der Waals surface area contributed by atoms with Crippen LogP contribution in [-0.4, -0.2) is 55.1 Å². The molecule has 3 rings (SSSR count). The van der Waals surface area contributed by atoms with E-state index >= 15 is 0 Å². The van der Waals surface area contributed by atoms with Crippen molar-refractivity contribution in [2.45, 2.75) is 11.0 Å². The quantitative estimate of drug-likeness (QED) is 0.877. The first-order valence-electron chi connectivity index (χ1n) is 7.77. The number of nitrogens with one attached hydrogen (secondary N) is 1. The van der Waals surface area contributed by atoms with Crippen LogP contribution in [0.15, 0.2) is 24.3 Å². The number of halogens is 1. The molecule has 2 aliphatic rings.